The molecule has 7 heteroatoms. The topological polar surface area (TPSA) is 51.0 Å². The SMILES string of the molecule is C#CCN(C(=O)C(C)CSC)c1cn(-c2cncc(F)c2)nc1C. The first-order valence-corrected chi connectivity index (χ1v) is 8.78. The number of thioether (sulfide) groups is 1. The Hall–Kier alpha value is -2.33. The molecule has 1 unspecified atom stereocenters. The van der Waals surface area contributed by atoms with Gasteiger partial charge in [-0.3, -0.25) is 14.7 Å². The van der Waals surface area contributed by atoms with Gasteiger partial charge in [0.15, 0.2) is 0 Å². The average molecular weight is 346 g/mol. The van der Waals surface area contributed by atoms with Crippen LogP contribution in [-0.2, 0) is 4.79 Å². The van der Waals surface area contributed by atoms with Gasteiger partial charge in [0.1, 0.15) is 5.82 Å². The number of amides is 1. The maximum Gasteiger partial charge on any atom is 0.231 e. The Bertz CT molecular complexity index is 768. The van der Waals surface area contributed by atoms with Crippen LogP contribution in [0, 0.1) is 31.0 Å². The molecule has 0 aliphatic heterocycles. The van der Waals surface area contributed by atoms with Crippen molar-refractivity contribution in [1.29, 1.82) is 0 Å². The standard InChI is InChI=1S/C17H19FN4OS/c1-5-6-21(17(23)12(2)11-24-4)16-10-22(20-13(16)3)15-7-14(18)8-19-9-15/h1,7-10,12H,6,11H2,2-4H3. The van der Waals surface area contributed by atoms with Gasteiger partial charge in [0.05, 0.1) is 42.2 Å². The molecule has 0 aliphatic rings. The molecule has 0 spiro atoms. The van der Waals surface area contributed by atoms with Crippen LogP contribution in [0.1, 0.15) is 12.6 Å². The number of aromatic nitrogens is 3. The maximum atomic E-state index is 13.4. The second-order valence-electron chi connectivity index (χ2n) is 5.39. The second-order valence-corrected chi connectivity index (χ2v) is 6.30. The predicted octanol–water partition coefficient (Wildman–Crippen LogP) is 2.68. The highest BCUT2D eigenvalue weighted by atomic mass is 32.2. The summed E-state index contributed by atoms with van der Waals surface area (Å²) in [5.41, 5.74) is 1.74. The summed E-state index contributed by atoms with van der Waals surface area (Å²) in [6, 6.07) is 1.33. The molecule has 0 radical (unpaired) electrons. The second kappa shape index (κ2) is 7.97. The lowest BCUT2D eigenvalue weighted by molar-refractivity contribution is -0.121. The molecule has 0 aromatic carbocycles. The molecule has 2 heterocycles. The predicted molar refractivity (Wildman–Crippen MR) is 94.8 cm³/mol. The molecule has 0 aliphatic carbocycles. The molecule has 0 bridgehead atoms. The monoisotopic (exact) mass is 346 g/mol. The summed E-state index contributed by atoms with van der Waals surface area (Å²) in [5, 5.41) is 4.36. The van der Waals surface area contributed by atoms with Crippen molar-refractivity contribution in [1.82, 2.24) is 14.8 Å². The molecule has 2 rings (SSSR count). The highest BCUT2D eigenvalue weighted by Gasteiger charge is 2.24. The van der Waals surface area contributed by atoms with E-state index in [2.05, 4.69) is 16.0 Å². The van der Waals surface area contributed by atoms with E-state index in [0.717, 1.165) is 6.20 Å². The van der Waals surface area contributed by atoms with Crippen LogP contribution in [0.5, 0.6) is 0 Å². The molecule has 2 aromatic rings. The Labute approximate surface area is 145 Å². The molecule has 0 fully saturated rings. The van der Waals surface area contributed by atoms with Crippen molar-refractivity contribution in [3.05, 3.63) is 36.2 Å². The smallest absolute Gasteiger partial charge is 0.231 e. The Morgan fingerprint density at radius 1 is 1.54 bits per heavy atom. The molecule has 126 valence electrons. The van der Waals surface area contributed by atoms with E-state index in [9.17, 15) is 9.18 Å². The third-order valence-corrected chi connectivity index (χ3v) is 4.31. The Morgan fingerprint density at radius 2 is 2.29 bits per heavy atom. The van der Waals surface area contributed by atoms with Crippen LogP contribution in [0.15, 0.2) is 24.7 Å². The molecule has 0 saturated carbocycles. The minimum Gasteiger partial charge on any atom is -0.297 e. The average Bonchev–Trinajstić information content (AvgIpc) is 2.94. The van der Waals surface area contributed by atoms with E-state index in [1.54, 1.807) is 29.8 Å². The summed E-state index contributed by atoms with van der Waals surface area (Å²) in [4.78, 5) is 18.0. The molecule has 0 N–H and O–H groups in total. The Kier molecular flexibility index (Phi) is 5.99. The first-order chi connectivity index (χ1) is 11.5. The molecule has 5 nitrogen and oxygen atoms in total. The van der Waals surface area contributed by atoms with Gasteiger partial charge in [-0.15, -0.1) is 6.42 Å². The number of hydrogen-bond donors (Lipinski definition) is 0. The van der Waals surface area contributed by atoms with E-state index in [0.29, 0.717) is 22.8 Å². The minimum absolute atomic E-state index is 0.0534. The van der Waals surface area contributed by atoms with Crippen molar-refractivity contribution in [2.75, 3.05) is 23.5 Å². The maximum absolute atomic E-state index is 13.4. The molecule has 1 atom stereocenters. The van der Waals surface area contributed by atoms with Crippen LogP contribution < -0.4 is 4.90 Å². The van der Waals surface area contributed by atoms with Crippen molar-refractivity contribution in [3.63, 3.8) is 0 Å². The van der Waals surface area contributed by atoms with Gasteiger partial charge in [0.2, 0.25) is 5.91 Å². The summed E-state index contributed by atoms with van der Waals surface area (Å²) >= 11 is 1.61. The minimum atomic E-state index is -0.452. The van der Waals surface area contributed by atoms with E-state index in [1.165, 1.54) is 16.9 Å². The number of carbonyl (C=O) groups excluding carboxylic acids is 1. The highest BCUT2D eigenvalue weighted by Crippen LogP contribution is 2.23. The van der Waals surface area contributed by atoms with E-state index >= 15 is 0 Å². The van der Waals surface area contributed by atoms with Gasteiger partial charge in [-0.25, -0.2) is 9.07 Å². The molecule has 2 aromatic heterocycles. The molecule has 1 amide bonds. The van der Waals surface area contributed by atoms with Crippen LogP contribution in [0.2, 0.25) is 0 Å². The molecule has 0 saturated heterocycles. The van der Waals surface area contributed by atoms with E-state index in [-0.39, 0.29) is 18.4 Å². The highest BCUT2D eigenvalue weighted by molar-refractivity contribution is 7.98. The zero-order valence-corrected chi connectivity index (χ0v) is 14.7. The number of terminal acetylenes is 1. The third-order valence-electron chi connectivity index (χ3n) is 3.47. The number of anilines is 1. The van der Waals surface area contributed by atoms with Crippen molar-refractivity contribution in [2.24, 2.45) is 5.92 Å². The number of nitrogens with zero attached hydrogens (tertiary/aromatic N) is 4. The normalized spacial score (nSPS) is 11.8. The zero-order valence-electron chi connectivity index (χ0n) is 13.9. The number of pyridine rings is 1. The van der Waals surface area contributed by atoms with Gasteiger partial charge in [0, 0.05) is 17.7 Å². The fourth-order valence-electron chi connectivity index (χ4n) is 2.33. The fourth-order valence-corrected chi connectivity index (χ4v) is 2.98. The van der Waals surface area contributed by atoms with Crippen LogP contribution in [0.4, 0.5) is 10.1 Å². The van der Waals surface area contributed by atoms with Crippen LogP contribution >= 0.6 is 11.8 Å². The number of aryl methyl sites for hydroxylation is 1. The van der Waals surface area contributed by atoms with Crippen molar-refractivity contribution in [3.8, 4) is 18.0 Å². The summed E-state index contributed by atoms with van der Waals surface area (Å²) in [5.74, 6) is 2.56. The summed E-state index contributed by atoms with van der Waals surface area (Å²) in [6.45, 7) is 3.82. The first kappa shape index (κ1) is 18.0. The number of carbonyl (C=O) groups is 1. The summed E-state index contributed by atoms with van der Waals surface area (Å²) in [6.07, 6.45) is 11.7. The Morgan fingerprint density at radius 3 is 2.92 bits per heavy atom. The molecular formula is C17H19FN4OS. The van der Waals surface area contributed by atoms with Crippen molar-refractivity contribution in [2.45, 2.75) is 13.8 Å². The number of rotatable bonds is 6. The molecular weight excluding hydrogens is 327 g/mol. The van der Waals surface area contributed by atoms with Gasteiger partial charge in [-0.2, -0.15) is 16.9 Å². The summed E-state index contributed by atoms with van der Waals surface area (Å²) < 4.78 is 14.9. The van der Waals surface area contributed by atoms with Gasteiger partial charge in [-0.05, 0) is 13.2 Å². The quantitative estimate of drug-likeness (QED) is 0.755. The van der Waals surface area contributed by atoms with Gasteiger partial charge in [-0.1, -0.05) is 12.8 Å². The largest absolute Gasteiger partial charge is 0.297 e. The third kappa shape index (κ3) is 3.95. The Balaban J connectivity index is 2.38. The van der Waals surface area contributed by atoms with Crippen molar-refractivity contribution >= 4 is 23.4 Å². The number of hydrogen-bond acceptors (Lipinski definition) is 4. The van der Waals surface area contributed by atoms with Gasteiger partial charge < -0.3 is 0 Å². The van der Waals surface area contributed by atoms with Crippen LogP contribution in [0.25, 0.3) is 5.69 Å². The number of halogens is 1. The van der Waals surface area contributed by atoms with Crippen LogP contribution in [-0.4, -0.2) is 39.2 Å². The lowest BCUT2D eigenvalue weighted by Gasteiger charge is -2.22. The van der Waals surface area contributed by atoms with E-state index < -0.39 is 5.82 Å². The van der Waals surface area contributed by atoms with Gasteiger partial charge >= 0.3 is 0 Å². The molecule has 24 heavy (non-hydrogen) atoms. The zero-order chi connectivity index (χ0) is 17.7. The first-order valence-electron chi connectivity index (χ1n) is 7.39. The van der Waals surface area contributed by atoms with Gasteiger partial charge in [0.25, 0.3) is 0 Å². The fraction of sp³-hybridized carbons (Fsp3) is 0.353. The van der Waals surface area contributed by atoms with Crippen LogP contribution in [0.3, 0.4) is 0 Å². The lowest BCUT2D eigenvalue weighted by Crippen LogP contribution is -2.36. The van der Waals surface area contributed by atoms with E-state index in [4.69, 9.17) is 6.42 Å². The lowest BCUT2D eigenvalue weighted by atomic mass is 10.1. The van der Waals surface area contributed by atoms with Crippen molar-refractivity contribution < 1.29 is 9.18 Å². The summed E-state index contributed by atoms with van der Waals surface area (Å²) in [7, 11) is 0. The van der Waals surface area contributed by atoms with E-state index in [1.807, 2.05) is 13.2 Å².